The van der Waals surface area contributed by atoms with Gasteiger partial charge in [-0.15, -0.1) is 0 Å². The SMILES string of the molecule is O=C(O)CNC(=O)c1ccc2ccc(F)cc2n1. The molecule has 0 saturated carbocycles. The third-order valence-electron chi connectivity index (χ3n) is 2.29. The summed E-state index contributed by atoms with van der Waals surface area (Å²) in [6, 6.07) is 7.14. The maximum atomic E-state index is 13.0. The number of rotatable bonds is 3. The van der Waals surface area contributed by atoms with E-state index in [9.17, 15) is 14.0 Å². The van der Waals surface area contributed by atoms with E-state index in [-0.39, 0.29) is 5.69 Å². The highest BCUT2D eigenvalue weighted by Crippen LogP contribution is 2.13. The number of amides is 1. The summed E-state index contributed by atoms with van der Waals surface area (Å²) in [7, 11) is 0. The largest absolute Gasteiger partial charge is 0.480 e. The molecular formula is C12H9FN2O3. The molecule has 1 heterocycles. The summed E-state index contributed by atoms with van der Waals surface area (Å²) >= 11 is 0. The van der Waals surface area contributed by atoms with Gasteiger partial charge in [0, 0.05) is 11.5 Å². The van der Waals surface area contributed by atoms with Crippen molar-refractivity contribution in [2.75, 3.05) is 6.54 Å². The zero-order chi connectivity index (χ0) is 13.1. The van der Waals surface area contributed by atoms with E-state index in [1.165, 1.54) is 18.2 Å². The number of carbonyl (C=O) groups is 2. The van der Waals surface area contributed by atoms with Gasteiger partial charge in [0.2, 0.25) is 0 Å². The molecule has 0 spiro atoms. The fraction of sp³-hybridized carbons (Fsp3) is 0.0833. The Kier molecular flexibility index (Phi) is 3.18. The van der Waals surface area contributed by atoms with Crippen molar-refractivity contribution >= 4 is 22.8 Å². The minimum absolute atomic E-state index is 0.0503. The Morgan fingerprint density at radius 1 is 1.28 bits per heavy atom. The topological polar surface area (TPSA) is 79.3 Å². The van der Waals surface area contributed by atoms with E-state index in [1.54, 1.807) is 12.1 Å². The van der Waals surface area contributed by atoms with Crippen LogP contribution >= 0.6 is 0 Å². The number of nitrogens with one attached hydrogen (secondary N) is 1. The van der Waals surface area contributed by atoms with Gasteiger partial charge < -0.3 is 10.4 Å². The highest BCUT2D eigenvalue weighted by atomic mass is 19.1. The summed E-state index contributed by atoms with van der Waals surface area (Å²) in [6.07, 6.45) is 0. The average molecular weight is 248 g/mol. The average Bonchev–Trinajstić information content (AvgIpc) is 2.34. The molecule has 0 aliphatic rings. The van der Waals surface area contributed by atoms with Crippen molar-refractivity contribution in [3.05, 3.63) is 41.8 Å². The van der Waals surface area contributed by atoms with Gasteiger partial charge in [0.15, 0.2) is 0 Å². The van der Waals surface area contributed by atoms with Crippen LogP contribution in [0.25, 0.3) is 10.9 Å². The number of benzene rings is 1. The number of fused-ring (bicyclic) bond motifs is 1. The fourth-order valence-electron chi connectivity index (χ4n) is 1.46. The van der Waals surface area contributed by atoms with E-state index in [2.05, 4.69) is 10.3 Å². The Morgan fingerprint density at radius 2 is 2.00 bits per heavy atom. The molecule has 0 unspecified atom stereocenters. The molecule has 1 amide bonds. The third kappa shape index (κ3) is 2.60. The van der Waals surface area contributed by atoms with Gasteiger partial charge in [-0.05, 0) is 18.2 Å². The minimum atomic E-state index is -1.14. The molecule has 18 heavy (non-hydrogen) atoms. The fourth-order valence-corrected chi connectivity index (χ4v) is 1.46. The predicted octanol–water partition coefficient (Wildman–Crippen LogP) is 1.19. The molecule has 0 saturated heterocycles. The van der Waals surface area contributed by atoms with E-state index >= 15 is 0 Å². The van der Waals surface area contributed by atoms with Gasteiger partial charge in [-0.25, -0.2) is 9.37 Å². The highest BCUT2D eigenvalue weighted by molar-refractivity contribution is 5.96. The van der Waals surface area contributed by atoms with Crippen LogP contribution in [0.15, 0.2) is 30.3 Å². The number of aliphatic carboxylic acids is 1. The Labute approximate surface area is 101 Å². The van der Waals surface area contributed by atoms with Gasteiger partial charge in [-0.3, -0.25) is 9.59 Å². The van der Waals surface area contributed by atoms with Crippen LogP contribution in [-0.2, 0) is 4.79 Å². The van der Waals surface area contributed by atoms with Crippen molar-refractivity contribution in [2.45, 2.75) is 0 Å². The number of carbonyl (C=O) groups excluding carboxylic acids is 1. The molecule has 1 aromatic carbocycles. The minimum Gasteiger partial charge on any atom is -0.480 e. The number of hydrogen-bond acceptors (Lipinski definition) is 3. The second-order valence-corrected chi connectivity index (χ2v) is 3.61. The van der Waals surface area contributed by atoms with Gasteiger partial charge in [-0.1, -0.05) is 6.07 Å². The maximum absolute atomic E-state index is 13.0. The molecule has 0 fully saturated rings. The molecule has 2 N–H and O–H groups in total. The predicted molar refractivity (Wildman–Crippen MR) is 61.7 cm³/mol. The maximum Gasteiger partial charge on any atom is 0.322 e. The van der Waals surface area contributed by atoms with Crippen molar-refractivity contribution in [3.8, 4) is 0 Å². The van der Waals surface area contributed by atoms with E-state index in [0.717, 1.165) is 0 Å². The lowest BCUT2D eigenvalue weighted by Gasteiger charge is -2.03. The Bertz CT molecular complexity index is 628. The van der Waals surface area contributed by atoms with Gasteiger partial charge >= 0.3 is 5.97 Å². The molecule has 0 radical (unpaired) electrons. The molecular weight excluding hydrogens is 239 g/mol. The number of nitrogens with zero attached hydrogens (tertiary/aromatic N) is 1. The first-order valence-electron chi connectivity index (χ1n) is 5.12. The van der Waals surface area contributed by atoms with Crippen LogP contribution in [-0.4, -0.2) is 28.5 Å². The molecule has 0 aliphatic carbocycles. The van der Waals surface area contributed by atoms with Crippen molar-refractivity contribution in [1.29, 1.82) is 0 Å². The summed E-state index contributed by atoms with van der Waals surface area (Å²) < 4.78 is 13.0. The van der Waals surface area contributed by atoms with E-state index in [0.29, 0.717) is 10.9 Å². The number of pyridine rings is 1. The van der Waals surface area contributed by atoms with E-state index in [1.807, 2.05) is 0 Å². The normalized spacial score (nSPS) is 10.3. The van der Waals surface area contributed by atoms with Crippen LogP contribution < -0.4 is 5.32 Å². The molecule has 6 heteroatoms. The van der Waals surface area contributed by atoms with Gasteiger partial charge in [0.05, 0.1) is 5.52 Å². The Hall–Kier alpha value is -2.50. The molecule has 0 atom stereocenters. The monoisotopic (exact) mass is 248 g/mol. The number of halogens is 1. The van der Waals surface area contributed by atoms with Crippen LogP contribution in [0, 0.1) is 5.82 Å². The lowest BCUT2D eigenvalue weighted by molar-refractivity contribution is -0.135. The van der Waals surface area contributed by atoms with Crippen LogP contribution in [0.2, 0.25) is 0 Å². The number of carboxylic acids is 1. The zero-order valence-corrected chi connectivity index (χ0v) is 9.18. The van der Waals surface area contributed by atoms with Crippen molar-refractivity contribution in [1.82, 2.24) is 10.3 Å². The first-order valence-corrected chi connectivity index (χ1v) is 5.12. The quantitative estimate of drug-likeness (QED) is 0.855. The molecule has 1 aromatic heterocycles. The first-order chi connectivity index (χ1) is 8.56. The first kappa shape index (κ1) is 12.0. The van der Waals surface area contributed by atoms with Crippen LogP contribution in [0.4, 0.5) is 4.39 Å². The zero-order valence-electron chi connectivity index (χ0n) is 9.18. The lowest BCUT2D eigenvalue weighted by Crippen LogP contribution is -2.29. The number of carboxylic acid groups (broad SMARTS) is 1. The van der Waals surface area contributed by atoms with Crippen molar-refractivity contribution in [2.24, 2.45) is 0 Å². The lowest BCUT2D eigenvalue weighted by atomic mass is 10.2. The Balaban J connectivity index is 2.28. The molecule has 2 rings (SSSR count). The van der Waals surface area contributed by atoms with Crippen LogP contribution in [0.5, 0.6) is 0 Å². The second-order valence-electron chi connectivity index (χ2n) is 3.61. The van der Waals surface area contributed by atoms with Gasteiger partial charge in [0.1, 0.15) is 18.1 Å². The smallest absolute Gasteiger partial charge is 0.322 e. The highest BCUT2D eigenvalue weighted by Gasteiger charge is 2.09. The standard InChI is InChI=1S/C12H9FN2O3/c13-8-3-1-7-2-4-9(15-10(7)5-8)12(18)14-6-11(16)17/h1-5H,6H2,(H,14,18)(H,16,17). The molecule has 2 aromatic rings. The van der Waals surface area contributed by atoms with E-state index < -0.39 is 24.2 Å². The van der Waals surface area contributed by atoms with Gasteiger partial charge in [0.25, 0.3) is 5.91 Å². The van der Waals surface area contributed by atoms with Crippen molar-refractivity contribution in [3.63, 3.8) is 0 Å². The second kappa shape index (κ2) is 4.79. The van der Waals surface area contributed by atoms with Gasteiger partial charge in [-0.2, -0.15) is 0 Å². The molecule has 5 nitrogen and oxygen atoms in total. The van der Waals surface area contributed by atoms with Crippen LogP contribution in [0.1, 0.15) is 10.5 Å². The molecule has 92 valence electrons. The molecule has 0 aliphatic heterocycles. The third-order valence-corrected chi connectivity index (χ3v) is 2.29. The summed E-state index contributed by atoms with van der Waals surface area (Å²) in [5.74, 6) is -2.20. The summed E-state index contributed by atoms with van der Waals surface area (Å²) in [6.45, 7) is -0.484. The number of hydrogen-bond donors (Lipinski definition) is 2. The number of aromatic nitrogens is 1. The summed E-state index contributed by atoms with van der Waals surface area (Å²) in [4.78, 5) is 25.8. The van der Waals surface area contributed by atoms with Crippen molar-refractivity contribution < 1.29 is 19.1 Å². The summed E-state index contributed by atoms with van der Waals surface area (Å²) in [5, 5.41) is 11.3. The van der Waals surface area contributed by atoms with Crippen LogP contribution in [0.3, 0.4) is 0 Å². The van der Waals surface area contributed by atoms with E-state index in [4.69, 9.17) is 5.11 Å². The molecule has 0 bridgehead atoms. The summed E-state index contributed by atoms with van der Waals surface area (Å²) in [5.41, 5.74) is 0.396. The Morgan fingerprint density at radius 3 is 2.72 bits per heavy atom.